The highest BCUT2D eigenvalue weighted by atomic mass is 32.2. The Hall–Kier alpha value is -2.67. The van der Waals surface area contributed by atoms with E-state index in [4.69, 9.17) is 9.47 Å². The normalized spacial score (nSPS) is 10.1. The van der Waals surface area contributed by atoms with Crippen molar-refractivity contribution in [2.75, 3.05) is 19.0 Å². The first-order chi connectivity index (χ1) is 13.1. The van der Waals surface area contributed by atoms with Gasteiger partial charge in [-0.2, -0.15) is 0 Å². The molecule has 2 amide bonds. The minimum Gasteiger partial charge on any atom is -0.490 e. The number of hydrazine groups is 1. The van der Waals surface area contributed by atoms with E-state index < -0.39 is 5.91 Å². The van der Waals surface area contributed by atoms with Gasteiger partial charge < -0.3 is 9.47 Å². The van der Waals surface area contributed by atoms with E-state index in [0.29, 0.717) is 18.1 Å². The summed E-state index contributed by atoms with van der Waals surface area (Å²) in [5.41, 5.74) is 7.09. The van der Waals surface area contributed by atoms with Gasteiger partial charge in [0, 0.05) is 5.75 Å². The van der Waals surface area contributed by atoms with Gasteiger partial charge in [0.2, 0.25) is 5.91 Å². The van der Waals surface area contributed by atoms with E-state index in [1.54, 1.807) is 18.2 Å². The van der Waals surface area contributed by atoms with E-state index in [0.717, 1.165) is 11.3 Å². The molecule has 27 heavy (non-hydrogen) atoms. The molecule has 0 atom stereocenters. The number of aryl methyl sites for hydroxylation is 1. The lowest BCUT2D eigenvalue weighted by Gasteiger charge is -2.12. The zero-order valence-corrected chi connectivity index (χ0v) is 16.3. The molecule has 0 fully saturated rings. The number of rotatable bonds is 9. The van der Waals surface area contributed by atoms with Crippen molar-refractivity contribution in [3.05, 3.63) is 59.7 Å². The molecule has 0 saturated carbocycles. The SMILES string of the molecule is CCOc1ccccc1OCC(=O)NNC(=O)CSCc1ccc(C)cc1. The first-order valence-corrected chi connectivity index (χ1v) is 9.79. The zero-order chi connectivity index (χ0) is 19.5. The summed E-state index contributed by atoms with van der Waals surface area (Å²) in [7, 11) is 0. The Morgan fingerprint density at radius 1 is 0.926 bits per heavy atom. The molecular formula is C20H24N2O4S. The van der Waals surface area contributed by atoms with Crippen LogP contribution in [0.1, 0.15) is 18.1 Å². The van der Waals surface area contributed by atoms with Gasteiger partial charge in [-0.1, -0.05) is 42.0 Å². The van der Waals surface area contributed by atoms with Crippen LogP contribution < -0.4 is 20.3 Å². The second-order valence-electron chi connectivity index (χ2n) is 5.74. The monoisotopic (exact) mass is 388 g/mol. The predicted octanol–water partition coefficient (Wildman–Crippen LogP) is 2.85. The Balaban J connectivity index is 1.64. The summed E-state index contributed by atoms with van der Waals surface area (Å²) >= 11 is 1.48. The highest BCUT2D eigenvalue weighted by molar-refractivity contribution is 7.99. The Bertz CT molecular complexity index is 750. The van der Waals surface area contributed by atoms with Crippen LogP contribution in [-0.4, -0.2) is 30.8 Å². The van der Waals surface area contributed by atoms with Crippen LogP contribution in [0.4, 0.5) is 0 Å². The Kier molecular flexibility index (Phi) is 8.51. The average Bonchev–Trinajstić information content (AvgIpc) is 2.67. The summed E-state index contributed by atoms with van der Waals surface area (Å²) in [6.07, 6.45) is 0. The maximum atomic E-state index is 11.8. The van der Waals surface area contributed by atoms with Gasteiger partial charge in [0.1, 0.15) is 0 Å². The molecule has 144 valence electrons. The number of amides is 2. The number of hydrogen-bond donors (Lipinski definition) is 2. The lowest BCUT2D eigenvalue weighted by molar-refractivity contribution is -0.128. The highest BCUT2D eigenvalue weighted by Crippen LogP contribution is 2.26. The third kappa shape index (κ3) is 7.62. The molecule has 0 saturated heterocycles. The standard InChI is InChI=1S/C20H24N2O4S/c1-3-25-17-6-4-5-7-18(17)26-12-19(23)21-22-20(24)14-27-13-16-10-8-15(2)9-11-16/h4-11H,3,12-14H2,1-2H3,(H,21,23)(H,22,24). The van der Waals surface area contributed by atoms with Crippen molar-refractivity contribution in [2.45, 2.75) is 19.6 Å². The molecule has 0 bridgehead atoms. The van der Waals surface area contributed by atoms with E-state index >= 15 is 0 Å². The summed E-state index contributed by atoms with van der Waals surface area (Å²) in [6, 6.07) is 15.3. The first kappa shape index (κ1) is 20.6. The van der Waals surface area contributed by atoms with Gasteiger partial charge in [0.05, 0.1) is 12.4 Å². The third-order valence-electron chi connectivity index (χ3n) is 3.47. The summed E-state index contributed by atoms with van der Waals surface area (Å²) in [4.78, 5) is 23.6. The van der Waals surface area contributed by atoms with Crippen molar-refractivity contribution in [1.82, 2.24) is 10.9 Å². The molecule has 0 aliphatic rings. The Labute approximate surface area is 163 Å². The molecule has 2 rings (SSSR count). The summed E-state index contributed by atoms with van der Waals surface area (Å²) in [5, 5.41) is 0. The first-order valence-electron chi connectivity index (χ1n) is 8.64. The molecule has 2 aromatic carbocycles. The van der Waals surface area contributed by atoms with Crippen molar-refractivity contribution in [1.29, 1.82) is 0 Å². The van der Waals surface area contributed by atoms with Gasteiger partial charge in [-0.05, 0) is 31.5 Å². The third-order valence-corrected chi connectivity index (χ3v) is 4.48. The minimum atomic E-state index is -0.446. The van der Waals surface area contributed by atoms with Crippen LogP contribution >= 0.6 is 11.8 Å². The fraction of sp³-hybridized carbons (Fsp3) is 0.300. The molecule has 0 aliphatic carbocycles. The number of hydrogen-bond acceptors (Lipinski definition) is 5. The van der Waals surface area contributed by atoms with Crippen LogP contribution in [0.25, 0.3) is 0 Å². The van der Waals surface area contributed by atoms with Gasteiger partial charge in [-0.15, -0.1) is 11.8 Å². The Morgan fingerprint density at radius 3 is 2.22 bits per heavy atom. The fourth-order valence-corrected chi connectivity index (χ4v) is 2.93. The van der Waals surface area contributed by atoms with Crippen molar-refractivity contribution in [2.24, 2.45) is 0 Å². The largest absolute Gasteiger partial charge is 0.490 e. The summed E-state index contributed by atoms with van der Waals surface area (Å²) in [5.74, 6) is 1.33. The van der Waals surface area contributed by atoms with Gasteiger partial charge in [-0.3, -0.25) is 20.4 Å². The average molecular weight is 388 g/mol. The quantitative estimate of drug-likeness (QED) is 0.646. The van der Waals surface area contributed by atoms with E-state index in [-0.39, 0.29) is 18.3 Å². The van der Waals surface area contributed by atoms with E-state index in [1.165, 1.54) is 17.3 Å². The lowest BCUT2D eigenvalue weighted by Crippen LogP contribution is -2.44. The number of ether oxygens (including phenoxy) is 2. The van der Waals surface area contributed by atoms with Gasteiger partial charge >= 0.3 is 0 Å². The fourth-order valence-electron chi connectivity index (χ4n) is 2.14. The number of thioether (sulfide) groups is 1. The van der Waals surface area contributed by atoms with Crippen molar-refractivity contribution < 1.29 is 19.1 Å². The number of para-hydroxylation sites is 2. The highest BCUT2D eigenvalue weighted by Gasteiger charge is 2.08. The maximum absolute atomic E-state index is 11.8. The molecular weight excluding hydrogens is 364 g/mol. The molecule has 2 aromatic rings. The topological polar surface area (TPSA) is 76.7 Å². The van der Waals surface area contributed by atoms with Crippen molar-refractivity contribution in [3.8, 4) is 11.5 Å². The number of nitrogens with one attached hydrogen (secondary N) is 2. The van der Waals surface area contributed by atoms with Crippen molar-refractivity contribution in [3.63, 3.8) is 0 Å². The van der Waals surface area contributed by atoms with Crippen LogP contribution in [0.5, 0.6) is 11.5 Å². The lowest BCUT2D eigenvalue weighted by atomic mass is 10.2. The van der Waals surface area contributed by atoms with Crippen LogP contribution in [0.3, 0.4) is 0 Å². The van der Waals surface area contributed by atoms with Crippen LogP contribution in [0.15, 0.2) is 48.5 Å². The summed E-state index contributed by atoms with van der Waals surface area (Å²) < 4.78 is 10.9. The van der Waals surface area contributed by atoms with E-state index in [2.05, 4.69) is 10.9 Å². The molecule has 6 nitrogen and oxygen atoms in total. The van der Waals surface area contributed by atoms with Gasteiger partial charge in [0.15, 0.2) is 18.1 Å². The summed E-state index contributed by atoms with van der Waals surface area (Å²) in [6.45, 7) is 4.19. The van der Waals surface area contributed by atoms with Crippen LogP contribution in [-0.2, 0) is 15.3 Å². The molecule has 0 unspecified atom stereocenters. The second kappa shape index (κ2) is 11.1. The molecule has 0 heterocycles. The van der Waals surface area contributed by atoms with Crippen LogP contribution in [0, 0.1) is 6.92 Å². The van der Waals surface area contributed by atoms with Gasteiger partial charge in [-0.25, -0.2) is 0 Å². The smallest absolute Gasteiger partial charge is 0.276 e. The molecule has 0 aromatic heterocycles. The zero-order valence-electron chi connectivity index (χ0n) is 15.5. The molecule has 0 radical (unpaired) electrons. The number of carbonyl (C=O) groups excluding carboxylic acids is 2. The van der Waals surface area contributed by atoms with Crippen molar-refractivity contribution >= 4 is 23.6 Å². The molecule has 7 heteroatoms. The maximum Gasteiger partial charge on any atom is 0.276 e. The molecule has 2 N–H and O–H groups in total. The van der Waals surface area contributed by atoms with Crippen LogP contribution in [0.2, 0.25) is 0 Å². The predicted molar refractivity (Wildman–Crippen MR) is 107 cm³/mol. The van der Waals surface area contributed by atoms with E-state index in [1.807, 2.05) is 44.2 Å². The minimum absolute atomic E-state index is 0.221. The number of benzene rings is 2. The van der Waals surface area contributed by atoms with E-state index in [9.17, 15) is 9.59 Å². The second-order valence-corrected chi connectivity index (χ2v) is 6.73. The van der Waals surface area contributed by atoms with Gasteiger partial charge in [0.25, 0.3) is 5.91 Å². The molecule has 0 aliphatic heterocycles. The number of carbonyl (C=O) groups is 2. The molecule has 0 spiro atoms. The Morgan fingerprint density at radius 2 is 1.56 bits per heavy atom.